The molecule has 0 aliphatic rings. The lowest BCUT2D eigenvalue weighted by Crippen LogP contribution is -2.16. The zero-order valence-corrected chi connectivity index (χ0v) is 10.0. The van der Waals surface area contributed by atoms with Gasteiger partial charge in [0, 0.05) is 8.80 Å². The van der Waals surface area contributed by atoms with Crippen molar-refractivity contribution in [1.82, 2.24) is 0 Å². The van der Waals surface area contributed by atoms with Gasteiger partial charge in [0.2, 0.25) is 0 Å². The van der Waals surface area contributed by atoms with Crippen LogP contribution >= 0.6 is 0 Å². The first-order chi connectivity index (χ1) is 2.94. The highest BCUT2D eigenvalue weighted by atomic mass is 28.3. The Bertz CT molecular complexity index is 54.0. The van der Waals surface area contributed by atoms with Gasteiger partial charge in [0.25, 0.3) is 0 Å². The Balaban J connectivity index is 0. The van der Waals surface area contributed by atoms with Crippen molar-refractivity contribution in [2.75, 3.05) is 0 Å². The molecule has 0 aliphatic heterocycles. The predicted molar refractivity (Wildman–Crippen MR) is 45.7 cm³/mol. The summed E-state index contributed by atoms with van der Waals surface area (Å²) in [5.74, 6) is 0. The van der Waals surface area contributed by atoms with Gasteiger partial charge in [-0.2, -0.15) is 0 Å². The van der Waals surface area contributed by atoms with E-state index < -0.39 is 0 Å². The molecule has 0 amide bonds. The van der Waals surface area contributed by atoms with Crippen LogP contribution < -0.4 is 0 Å². The van der Waals surface area contributed by atoms with Crippen LogP contribution in [0.3, 0.4) is 0 Å². The molecule has 0 saturated carbocycles. The second-order valence-corrected chi connectivity index (χ2v) is 6.75. The summed E-state index contributed by atoms with van der Waals surface area (Å²) >= 11 is 0. The fourth-order valence-electron chi connectivity index (χ4n) is 0. The molecule has 0 nitrogen and oxygen atoms in total. The fourth-order valence-corrected chi connectivity index (χ4v) is 0. The van der Waals surface area contributed by atoms with Gasteiger partial charge in [-0.15, -0.1) is 0 Å². The van der Waals surface area contributed by atoms with E-state index in [-0.39, 0.29) is 26.2 Å². The minimum absolute atomic E-state index is 0. The van der Waals surface area contributed by atoms with Crippen LogP contribution in [0.1, 0.15) is 20.8 Å². The molecule has 0 unspecified atom stereocenters. The van der Waals surface area contributed by atoms with Gasteiger partial charge in [-0.3, -0.25) is 0 Å². The largest absolute Gasteiger partial charge is 0.146 e. The van der Waals surface area contributed by atoms with E-state index in [0.717, 1.165) is 0 Å². The molecule has 0 heterocycles. The molecule has 0 N–H and O–H groups in total. The van der Waals surface area contributed by atoms with Crippen LogP contribution in [-0.2, 0) is 0 Å². The van der Waals surface area contributed by atoms with Crippen molar-refractivity contribution in [3.8, 4) is 0 Å². The maximum Gasteiger partial charge on any atom is 0.146 e. The minimum atomic E-state index is -0.0502. The molecular weight excluding hydrogens is 127 g/mol. The number of hydrogen-bond donors (Lipinski definition) is 0. The SMILES string of the molecule is C[Si](C)C(C)(C)C.[AlH2]. The van der Waals surface area contributed by atoms with Crippen molar-refractivity contribution < 1.29 is 0 Å². The van der Waals surface area contributed by atoms with E-state index in [0.29, 0.717) is 5.04 Å². The maximum absolute atomic E-state index is 2.35. The van der Waals surface area contributed by atoms with Crippen molar-refractivity contribution in [3.63, 3.8) is 0 Å². The van der Waals surface area contributed by atoms with Gasteiger partial charge in [0.05, 0.1) is 0 Å². The molecule has 8 heavy (non-hydrogen) atoms. The van der Waals surface area contributed by atoms with E-state index >= 15 is 0 Å². The molecule has 2 radical (unpaired) electrons. The molecule has 0 rings (SSSR count). The summed E-state index contributed by atoms with van der Waals surface area (Å²) in [6.45, 7) is 11.6. The smallest absolute Gasteiger partial charge is 0.0709 e. The van der Waals surface area contributed by atoms with Gasteiger partial charge in [0.15, 0.2) is 0 Å². The monoisotopic (exact) mass is 144 g/mol. The molecule has 0 atom stereocenters. The Morgan fingerprint density at radius 1 is 1.00 bits per heavy atom. The molecule has 0 aromatic heterocycles. The molecule has 0 fully saturated rings. The van der Waals surface area contributed by atoms with Gasteiger partial charge in [0.1, 0.15) is 17.4 Å². The van der Waals surface area contributed by atoms with Crippen molar-refractivity contribution in [2.24, 2.45) is 0 Å². The molecule has 48 valence electrons. The Kier molecular flexibility index (Phi) is 5.35. The first-order valence-electron chi connectivity index (χ1n) is 2.75. The molecule has 0 aromatic carbocycles. The summed E-state index contributed by atoms with van der Waals surface area (Å²) in [4.78, 5) is 0. The fraction of sp³-hybridized carbons (Fsp3) is 1.00. The predicted octanol–water partition coefficient (Wildman–Crippen LogP) is 1.62. The van der Waals surface area contributed by atoms with Crippen LogP contribution in [0.2, 0.25) is 18.1 Å². The lowest BCUT2D eigenvalue weighted by Gasteiger charge is -2.20. The lowest BCUT2D eigenvalue weighted by atomic mass is 10.2. The van der Waals surface area contributed by atoms with Gasteiger partial charge in [-0.25, -0.2) is 0 Å². The van der Waals surface area contributed by atoms with E-state index in [9.17, 15) is 0 Å². The highest BCUT2D eigenvalue weighted by molar-refractivity contribution is 6.59. The average Bonchev–Trinajstić information content (AvgIpc) is 1.31. The van der Waals surface area contributed by atoms with E-state index in [1.165, 1.54) is 0 Å². The zero-order valence-electron chi connectivity index (χ0n) is 7.00. The molecule has 0 aliphatic carbocycles. The van der Waals surface area contributed by atoms with Crippen LogP contribution in [0, 0.1) is 0 Å². The van der Waals surface area contributed by atoms with Crippen LogP contribution in [0.5, 0.6) is 0 Å². The van der Waals surface area contributed by atoms with Crippen LogP contribution in [-0.4, -0.2) is 26.2 Å². The summed E-state index contributed by atoms with van der Waals surface area (Å²) in [6.07, 6.45) is 0. The maximum atomic E-state index is 2.35. The number of rotatable bonds is 0. The molecule has 0 saturated heterocycles. The van der Waals surface area contributed by atoms with Gasteiger partial charge in [-0.05, 0) is 5.04 Å². The lowest BCUT2D eigenvalue weighted by molar-refractivity contribution is 0.742. The Labute approximate surface area is 65.4 Å². The quantitative estimate of drug-likeness (QED) is 0.453. The Morgan fingerprint density at radius 3 is 1.12 bits per heavy atom. The van der Waals surface area contributed by atoms with Crippen molar-refractivity contribution in [2.45, 2.75) is 38.9 Å². The first kappa shape index (κ1) is 11.5. The summed E-state index contributed by atoms with van der Waals surface area (Å²) < 4.78 is 0. The van der Waals surface area contributed by atoms with Crippen LogP contribution in [0.4, 0.5) is 0 Å². The first-order valence-corrected chi connectivity index (χ1v) is 5.25. The Morgan fingerprint density at radius 2 is 1.12 bits per heavy atom. The standard InChI is InChI=1S/C6H15Si.Al.2H/c1-6(2,3)7(4)5;;;/h1-5H3;;;. The zero-order chi connectivity index (χ0) is 6.08. The minimum Gasteiger partial charge on any atom is -0.0709 e. The molecule has 0 aromatic rings. The third-order valence-corrected chi connectivity index (χ3v) is 4.50. The molecule has 0 spiro atoms. The van der Waals surface area contributed by atoms with Gasteiger partial charge >= 0.3 is 0 Å². The van der Waals surface area contributed by atoms with Crippen molar-refractivity contribution >= 4 is 26.2 Å². The van der Waals surface area contributed by atoms with E-state index in [4.69, 9.17) is 0 Å². The Hall–Kier alpha value is 0.749. The normalized spacial score (nSPS) is 11.2. The molecular formula is C6H17AlSi. The van der Waals surface area contributed by atoms with E-state index in [2.05, 4.69) is 33.9 Å². The van der Waals surface area contributed by atoms with E-state index in [1.54, 1.807) is 0 Å². The molecule has 2 heteroatoms. The highest BCUT2D eigenvalue weighted by Crippen LogP contribution is 2.25. The van der Waals surface area contributed by atoms with Gasteiger partial charge in [-0.1, -0.05) is 33.9 Å². The van der Waals surface area contributed by atoms with Crippen LogP contribution in [0.25, 0.3) is 0 Å². The average molecular weight is 144 g/mol. The third-order valence-electron chi connectivity index (χ3n) is 1.50. The van der Waals surface area contributed by atoms with Crippen molar-refractivity contribution in [3.05, 3.63) is 0 Å². The summed E-state index contributed by atoms with van der Waals surface area (Å²) in [5.41, 5.74) is 0. The number of hydrogen-bond acceptors (Lipinski definition) is 0. The van der Waals surface area contributed by atoms with Gasteiger partial charge < -0.3 is 0 Å². The van der Waals surface area contributed by atoms with E-state index in [1.807, 2.05) is 0 Å². The summed E-state index contributed by atoms with van der Waals surface area (Å²) in [7, 11) is -0.0502. The second-order valence-electron chi connectivity index (χ2n) is 3.25. The van der Waals surface area contributed by atoms with Crippen LogP contribution in [0.15, 0.2) is 0 Å². The third kappa shape index (κ3) is 4.90. The van der Waals surface area contributed by atoms with Crippen molar-refractivity contribution in [1.29, 1.82) is 0 Å². The molecule has 0 bridgehead atoms. The second kappa shape index (κ2) is 3.71. The summed E-state index contributed by atoms with van der Waals surface area (Å²) in [5, 5.41) is 0.602. The topological polar surface area (TPSA) is 0 Å². The highest BCUT2D eigenvalue weighted by Gasteiger charge is 2.15. The summed E-state index contributed by atoms with van der Waals surface area (Å²) in [6, 6.07) is 0.